The lowest BCUT2D eigenvalue weighted by Gasteiger charge is -2.18. The number of ether oxygens (including phenoxy) is 1. The molecule has 0 spiro atoms. The van der Waals surface area contributed by atoms with Crippen LogP contribution in [0.2, 0.25) is 0 Å². The summed E-state index contributed by atoms with van der Waals surface area (Å²) >= 11 is 0. The van der Waals surface area contributed by atoms with Gasteiger partial charge in [-0.05, 0) is 25.0 Å². The number of aryl methyl sites for hydroxylation is 1. The summed E-state index contributed by atoms with van der Waals surface area (Å²) < 4.78 is 5.21. The van der Waals surface area contributed by atoms with Gasteiger partial charge in [-0.15, -0.1) is 0 Å². The Kier molecular flexibility index (Phi) is 3.97. The van der Waals surface area contributed by atoms with Crippen molar-refractivity contribution in [1.29, 1.82) is 0 Å². The number of nitrogens with zero attached hydrogens (tertiary/aromatic N) is 2. The Morgan fingerprint density at radius 2 is 2.35 bits per heavy atom. The van der Waals surface area contributed by atoms with Gasteiger partial charge in [-0.1, -0.05) is 6.07 Å². The van der Waals surface area contributed by atoms with Crippen molar-refractivity contribution < 1.29 is 4.74 Å². The number of nitrogens with two attached hydrogens (primary N) is 1. The Morgan fingerprint density at radius 1 is 1.53 bits per heavy atom. The molecule has 2 N–H and O–H groups in total. The van der Waals surface area contributed by atoms with Gasteiger partial charge in [0.05, 0.1) is 6.61 Å². The van der Waals surface area contributed by atoms with Gasteiger partial charge in [0.2, 0.25) is 0 Å². The van der Waals surface area contributed by atoms with Crippen molar-refractivity contribution in [1.82, 2.24) is 4.98 Å². The van der Waals surface area contributed by atoms with Gasteiger partial charge in [0, 0.05) is 38.4 Å². The van der Waals surface area contributed by atoms with E-state index >= 15 is 0 Å². The van der Waals surface area contributed by atoms with Crippen LogP contribution >= 0.6 is 0 Å². The fourth-order valence-electron chi connectivity index (χ4n) is 2.38. The van der Waals surface area contributed by atoms with Gasteiger partial charge >= 0.3 is 0 Å². The van der Waals surface area contributed by atoms with E-state index in [0.717, 1.165) is 36.8 Å². The van der Waals surface area contributed by atoms with Crippen LogP contribution in [0.15, 0.2) is 12.1 Å². The Labute approximate surface area is 103 Å². The SMILES string of the molecule is COCC1CCN(c2ccc(CN)c(C)n2)C1. The molecule has 1 atom stereocenters. The molecule has 1 fully saturated rings. The van der Waals surface area contributed by atoms with E-state index in [1.165, 1.54) is 6.42 Å². The molecule has 0 aliphatic carbocycles. The van der Waals surface area contributed by atoms with Crippen molar-refractivity contribution in [2.45, 2.75) is 19.9 Å². The molecule has 1 aliphatic rings. The van der Waals surface area contributed by atoms with Crippen molar-refractivity contribution in [3.8, 4) is 0 Å². The maximum Gasteiger partial charge on any atom is 0.128 e. The molecular formula is C13H21N3O. The highest BCUT2D eigenvalue weighted by molar-refractivity contribution is 5.42. The molecule has 1 unspecified atom stereocenters. The van der Waals surface area contributed by atoms with Crippen molar-refractivity contribution in [3.05, 3.63) is 23.4 Å². The van der Waals surface area contributed by atoms with Crippen molar-refractivity contribution in [2.24, 2.45) is 11.7 Å². The predicted octanol–water partition coefficient (Wildman–Crippen LogP) is 1.32. The summed E-state index contributed by atoms with van der Waals surface area (Å²) in [6.07, 6.45) is 1.19. The molecule has 0 amide bonds. The first kappa shape index (κ1) is 12.3. The lowest BCUT2D eigenvalue weighted by atomic mass is 10.1. The highest BCUT2D eigenvalue weighted by Crippen LogP contribution is 2.23. The molecule has 17 heavy (non-hydrogen) atoms. The zero-order valence-electron chi connectivity index (χ0n) is 10.6. The Balaban J connectivity index is 2.06. The molecule has 0 saturated carbocycles. The number of hydrogen-bond donors (Lipinski definition) is 1. The first-order chi connectivity index (χ1) is 8.24. The largest absolute Gasteiger partial charge is 0.384 e. The van der Waals surface area contributed by atoms with Gasteiger partial charge in [-0.3, -0.25) is 0 Å². The summed E-state index contributed by atoms with van der Waals surface area (Å²) in [6.45, 7) is 5.54. The van der Waals surface area contributed by atoms with E-state index in [2.05, 4.69) is 22.0 Å². The summed E-state index contributed by atoms with van der Waals surface area (Å²) in [5.41, 5.74) is 7.81. The van der Waals surface area contributed by atoms with E-state index in [4.69, 9.17) is 10.5 Å². The second kappa shape index (κ2) is 5.47. The van der Waals surface area contributed by atoms with Crippen LogP contribution in [0, 0.1) is 12.8 Å². The standard InChI is InChI=1S/C13H21N3O/c1-10-12(7-14)3-4-13(15-10)16-6-5-11(8-16)9-17-2/h3-4,11H,5-9,14H2,1-2H3. The van der Waals surface area contributed by atoms with E-state index in [0.29, 0.717) is 12.5 Å². The van der Waals surface area contributed by atoms with Crippen molar-refractivity contribution in [3.63, 3.8) is 0 Å². The number of aromatic nitrogens is 1. The summed E-state index contributed by atoms with van der Waals surface area (Å²) in [4.78, 5) is 6.96. The van der Waals surface area contributed by atoms with E-state index in [1.54, 1.807) is 7.11 Å². The van der Waals surface area contributed by atoms with Crippen LogP contribution in [0.25, 0.3) is 0 Å². The normalized spacial score (nSPS) is 19.9. The molecule has 1 aliphatic heterocycles. The Hall–Kier alpha value is -1.13. The number of methoxy groups -OCH3 is 1. The average molecular weight is 235 g/mol. The van der Waals surface area contributed by atoms with Gasteiger partial charge in [-0.25, -0.2) is 4.98 Å². The number of hydrogen-bond acceptors (Lipinski definition) is 4. The van der Waals surface area contributed by atoms with Crippen LogP contribution in [0.3, 0.4) is 0 Å². The fraction of sp³-hybridized carbons (Fsp3) is 0.615. The molecule has 1 aromatic rings. The monoisotopic (exact) mass is 235 g/mol. The molecule has 4 nitrogen and oxygen atoms in total. The zero-order valence-corrected chi connectivity index (χ0v) is 10.6. The maximum atomic E-state index is 5.65. The molecule has 0 bridgehead atoms. The summed E-state index contributed by atoms with van der Waals surface area (Å²) in [5.74, 6) is 1.70. The van der Waals surface area contributed by atoms with Crippen LogP contribution in [-0.2, 0) is 11.3 Å². The molecule has 1 aromatic heterocycles. The van der Waals surface area contributed by atoms with E-state index in [9.17, 15) is 0 Å². The minimum Gasteiger partial charge on any atom is -0.384 e. The van der Waals surface area contributed by atoms with Crippen LogP contribution in [-0.4, -0.2) is 31.8 Å². The first-order valence-electron chi connectivity index (χ1n) is 6.15. The first-order valence-corrected chi connectivity index (χ1v) is 6.15. The van der Waals surface area contributed by atoms with Gasteiger partial charge in [0.25, 0.3) is 0 Å². The Bertz CT molecular complexity index is 381. The number of pyridine rings is 1. The van der Waals surface area contributed by atoms with E-state index in [-0.39, 0.29) is 0 Å². The molecule has 0 aromatic carbocycles. The summed E-state index contributed by atoms with van der Waals surface area (Å²) in [7, 11) is 1.76. The third-order valence-corrected chi connectivity index (χ3v) is 3.41. The van der Waals surface area contributed by atoms with Crippen LogP contribution in [0.4, 0.5) is 5.82 Å². The van der Waals surface area contributed by atoms with Crippen LogP contribution in [0.1, 0.15) is 17.7 Å². The summed E-state index contributed by atoms with van der Waals surface area (Å²) in [6, 6.07) is 4.16. The lowest BCUT2D eigenvalue weighted by Crippen LogP contribution is -2.22. The minimum atomic E-state index is 0.561. The van der Waals surface area contributed by atoms with Crippen LogP contribution in [0.5, 0.6) is 0 Å². The molecule has 94 valence electrons. The fourth-order valence-corrected chi connectivity index (χ4v) is 2.38. The summed E-state index contributed by atoms with van der Waals surface area (Å²) in [5, 5.41) is 0. The van der Waals surface area contributed by atoms with Crippen molar-refractivity contribution in [2.75, 3.05) is 31.7 Å². The van der Waals surface area contributed by atoms with Gasteiger partial charge < -0.3 is 15.4 Å². The molecular weight excluding hydrogens is 214 g/mol. The van der Waals surface area contributed by atoms with Crippen LogP contribution < -0.4 is 10.6 Å². The lowest BCUT2D eigenvalue weighted by molar-refractivity contribution is 0.161. The Morgan fingerprint density at radius 3 is 3.00 bits per heavy atom. The quantitative estimate of drug-likeness (QED) is 0.855. The van der Waals surface area contributed by atoms with Gasteiger partial charge in [0.15, 0.2) is 0 Å². The predicted molar refractivity (Wildman–Crippen MR) is 69.1 cm³/mol. The second-order valence-corrected chi connectivity index (χ2v) is 4.67. The zero-order chi connectivity index (χ0) is 12.3. The third-order valence-electron chi connectivity index (χ3n) is 3.41. The minimum absolute atomic E-state index is 0.561. The second-order valence-electron chi connectivity index (χ2n) is 4.67. The van der Waals surface area contributed by atoms with E-state index < -0.39 is 0 Å². The van der Waals surface area contributed by atoms with Gasteiger partial charge in [-0.2, -0.15) is 0 Å². The molecule has 2 rings (SSSR count). The molecule has 1 saturated heterocycles. The van der Waals surface area contributed by atoms with Crippen molar-refractivity contribution >= 4 is 5.82 Å². The third kappa shape index (κ3) is 2.76. The smallest absolute Gasteiger partial charge is 0.128 e. The number of rotatable bonds is 4. The highest BCUT2D eigenvalue weighted by Gasteiger charge is 2.23. The number of anilines is 1. The average Bonchev–Trinajstić information content (AvgIpc) is 2.78. The molecule has 4 heteroatoms. The molecule has 2 heterocycles. The molecule has 0 radical (unpaired) electrons. The van der Waals surface area contributed by atoms with Gasteiger partial charge in [0.1, 0.15) is 5.82 Å². The highest BCUT2D eigenvalue weighted by atomic mass is 16.5. The topological polar surface area (TPSA) is 51.4 Å². The van der Waals surface area contributed by atoms with E-state index in [1.807, 2.05) is 6.92 Å². The maximum absolute atomic E-state index is 5.65.